The molecule has 7 rings (SSSR count). The number of benzene rings is 3. The van der Waals surface area contributed by atoms with Gasteiger partial charge in [0.15, 0.2) is 0 Å². The second-order valence-corrected chi connectivity index (χ2v) is 9.36. The van der Waals surface area contributed by atoms with Gasteiger partial charge in [-0.1, -0.05) is 42.5 Å². The molecular formula is C29H18N4O2S. The summed E-state index contributed by atoms with van der Waals surface area (Å²) >= 11 is 1.69. The first-order valence-electron chi connectivity index (χ1n) is 11.4. The van der Waals surface area contributed by atoms with E-state index >= 15 is 0 Å². The average molecular weight is 487 g/mol. The van der Waals surface area contributed by atoms with Gasteiger partial charge in [-0.05, 0) is 59.3 Å². The maximum Gasteiger partial charge on any atom is 0.332 e. The zero-order valence-electron chi connectivity index (χ0n) is 18.9. The molecule has 4 aromatic heterocycles. The molecular weight excluding hydrogens is 468 g/mol. The number of fused-ring (bicyclic) bond motifs is 3. The highest BCUT2D eigenvalue weighted by Gasteiger charge is 2.15. The van der Waals surface area contributed by atoms with Gasteiger partial charge in [-0.3, -0.25) is 4.98 Å². The zero-order valence-corrected chi connectivity index (χ0v) is 19.7. The van der Waals surface area contributed by atoms with Gasteiger partial charge in [0.2, 0.25) is 5.88 Å². The normalized spacial score (nSPS) is 11.4. The molecule has 0 bridgehead atoms. The van der Waals surface area contributed by atoms with Crippen LogP contribution in [0.25, 0.3) is 49.0 Å². The molecule has 7 heteroatoms. The highest BCUT2D eigenvalue weighted by Crippen LogP contribution is 2.34. The Morgan fingerprint density at radius 1 is 0.861 bits per heavy atom. The molecule has 0 atom stereocenters. The summed E-state index contributed by atoms with van der Waals surface area (Å²) in [5, 5.41) is 4.97. The van der Waals surface area contributed by atoms with Crippen molar-refractivity contribution in [2.45, 2.75) is 0 Å². The predicted molar refractivity (Wildman–Crippen MR) is 144 cm³/mol. The molecule has 0 aliphatic rings. The van der Waals surface area contributed by atoms with Crippen LogP contribution in [0.4, 0.5) is 0 Å². The van der Waals surface area contributed by atoms with Crippen LogP contribution >= 0.6 is 11.3 Å². The molecule has 36 heavy (non-hydrogen) atoms. The van der Waals surface area contributed by atoms with Gasteiger partial charge in [-0.2, -0.15) is 4.98 Å². The number of nitrogens with zero attached hydrogens (tertiary/aromatic N) is 3. The summed E-state index contributed by atoms with van der Waals surface area (Å²) in [5.41, 5.74) is 3.14. The van der Waals surface area contributed by atoms with Crippen LogP contribution in [0.1, 0.15) is 0 Å². The van der Waals surface area contributed by atoms with E-state index in [1.54, 1.807) is 15.9 Å². The highest BCUT2D eigenvalue weighted by atomic mass is 32.1. The number of nitrogens with one attached hydrogen (secondary N) is 1. The first kappa shape index (κ1) is 20.6. The van der Waals surface area contributed by atoms with Crippen LogP contribution in [-0.2, 0) is 0 Å². The largest absolute Gasteiger partial charge is 0.438 e. The van der Waals surface area contributed by atoms with E-state index in [-0.39, 0.29) is 5.69 Å². The van der Waals surface area contributed by atoms with Crippen LogP contribution in [0.3, 0.4) is 0 Å². The topological polar surface area (TPSA) is 72.8 Å². The molecule has 172 valence electrons. The second-order valence-electron chi connectivity index (χ2n) is 8.41. The Morgan fingerprint density at radius 3 is 2.72 bits per heavy atom. The Balaban J connectivity index is 1.37. The summed E-state index contributed by atoms with van der Waals surface area (Å²) in [6.07, 6.45) is 1.83. The van der Waals surface area contributed by atoms with Crippen molar-refractivity contribution < 1.29 is 4.74 Å². The van der Waals surface area contributed by atoms with Crippen molar-refractivity contribution in [3.8, 4) is 28.7 Å². The molecule has 0 radical (unpaired) electrons. The van der Waals surface area contributed by atoms with Crippen molar-refractivity contribution in [1.29, 1.82) is 0 Å². The number of rotatable bonds is 4. The minimum atomic E-state index is -0.248. The molecule has 7 aromatic rings. The molecule has 0 spiro atoms. The van der Waals surface area contributed by atoms with Gasteiger partial charge in [0.25, 0.3) is 0 Å². The Morgan fingerprint density at radius 2 is 1.75 bits per heavy atom. The van der Waals surface area contributed by atoms with E-state index < -0.39 is 0 Å². The van der Waals surface area contributed by atoms with Gasteiger partial charge < -0.3 is 9.72 Å². The Hall–Kier alpha value is -4.75. The quantitative estimate of drug-likeness (QED) is 0.293. The fourth-order valence-electron chi connectivity index (χ4n) is 4.57. The number of thiophene rings is 1. The molecule has 0 saturated carbocycles. The van der Waals surface area contributed by atoms with Crippen molar-refractivity contribution in [3.63, 3.8) is 0 Å². The lowest BCUT2D eigenvalue weighted by atomic mass is 10.1. The number of pyridine rings is 2. The Bertz CT molecular complexity index is 1970. The zero-order chi connectivity index (χ0) is 24.1. The van der Waals surface area contributed by atoms with Gasteiger partial charge in [0.05, 0.1) is 16.7 Å². The maximum absolute atomic E-state index is 12.9. The number of aromatic nitrogens is 4. The fourth-order valence-corrected chi connectivity index (χ4v) is 5.35. The van der Waals surface area contributed by atoms with Crippen molar-refractivity contribution in [2.75, 3.05) is 0 Å². The third-order valence-electron chi connectivity index (χ3n) is 6.21. The lowest BCUT2D eigenvalue weighted by Gasteiger charge is -2.12. The summed E-state index contributed by atoms with van der Waals surface area (Å²) in [5.74, 6) is 1.56. The third-order valence-corrected chi connectivity index (χ3v) is 7.09. The van der Waals surface area contributed by atoms with E-state index in [2.05, 4.69) is 21.4 Å². The Labute approximate surface area is 209 Å². The minimum absolute atomic E-state index is 0.248. The Kier molecular flexibility index (Phi) is 4.68. The van der Waals surface area contributed by atoms with Crippen LogP contribution in [0.15, 0.2) is 107 Å². The summed E-state index contributed by atoms with van der Waals surface area (Å²) in [6, 6.07) is 29.3. The molecule has 6 nitrogen and oxygen atoms in total. The molecule has 0 amide bonds. The summed E-state index contributed by atoms with van der Waals surface area (Å²) in [6.45, 7) is 0. The third kappa shape index (κ3) is 3.37. The molecule has 4 heterocycles. The second kappa shape index (κ2) is 8.18. The van der Waals surface area contributed by atoms with Gasteiger partial charge in [0.1, 0.15) is 11.6 Å². The van der Waals surface area contributed by atoms with Crippen molar-refractivity contribution in [1.82, 2.24) is 19.5 Å². The predicted octanol–water partition coefficient (Wildman–Crippen LogP) is 6.94. The van der Waals surface area contributed by atoms with Crippen LogP contribution in [0.5, 0.6) is 11.6 Å². The summed E-state index contributed by atoms with van der Waals surface area (Å²) in [7, 11) is 0. The maximum atomic E-state index is 12.9. The number of ether oxygens (including phenoxy) is 1. The molecule has 1 N–H and O–H groups in total. The molecule has 3 aromatic carbocycles. The van der Waals surface area contributed by atoms with E-state index in [4.69, 9.17) is 9.72 Å². The van der Waals surface area contributed by atoms with Crippen LogP contribution in [0.2, 0.25) is 0 Å². The molecule has 0 aliphatic carbocycles. The summed E-state index contributed by atoms with van der Waals surface area (Å²) < 4.78 is 9.14. The minimum Gasteiger partial charge on any atom is -0.438 e. The van der Waals surface area contributed by atoms with E-state index in [0.717, 1.165) is 38.4 Å². The standard InChI is InChI=1S/C29H18N4O2S/c34-29-31-23-10-3-4-11-24(23)33(29)26-17-18-6-1-2-9-21(18)28(32-26)35-20-8-5-7-19(16-20)27-22-13-15-36-25(22)12-14-30-27/h1-17H,(H,31,34). The average Bonchev–Trinajstić information content (AvgIpc) is 3.52. The van der Waals surface area contributed by atoms with Gasteiger partial charge in [-0.15, -0.1) is 11.3 Å². The van der Waals surface area contributed by atoms with E-state index in [9.17, 15) is 4.79 Å². The van der Waals surface area contributed by atoms with Crippen LogP contribution in [0, 0.1) is 0 Å². The van der Waals surface area contributed by atoms with Crippen molar-refractivity contribution >= 4 is 43.2 Å². The van der Waals surface area contributed by atoms with Gasteiger partial charge in [-0.25, -0.2) is 9.36 Å². The molecule has 0 unspecified atom stereocenters. The summed E-state index contributed by atoms with van der Waals surface area (Å²) in [4.78, 5) is 25.2. The van der Waals surface area contributed by atoms with E-state index in [1.807, 2.05) is 91.1 Å². The SMILES string of the molecule is O=c1[nH]c2ccccc2n1-c1cc2ccccc2c(Oc2cccc(-c3nccc4sccc34)c2)n1. The van der Waals surface area contributed by atoms with Crippen molar-refractivity contribution in [3.05, 3.63) is 113 Å². The first-order chi connectivity index (χ1) is 17.7. The number of imidazole rings is 1. The molecule has 0 aliphatic heterocycles. The lowest BCUT2D eigenvalue weighted by molar-refractivity contribution is 0.468. The molecule has 0 fully saturated rings. The number of H-pyrrole nitrogens is 1. The molecule has 0 saturated heterocycles. The monoisotopic (exact) mass is 486 g/mol. The van der Waals surface area contributed by atoms with Crippen LogP contribution < -0.4 is 10.4 Å². The van der Waals surface area contributed by atoms with Gasteiger partial charge >= 0.3 is 5.69 Å². The highest BCUT2D eigenvalue weighted by molar-refractivity contribution is 7.17. The van der Waals surface area contributed by atoms with Crippen molar-refractivity contribution in [2.24, 2.45) is 0 Å². The van der Waals surface area contributed by atoms with Crippen LogP contribution in [-0.4, -0.2) is 19.5 Å². The number of hydrogen-bond acceptors (Lipinski definition) is 5. The fraction of sp³-hybridized carbons (Fsp3) is 0. The number of hydrogen-bond donors (Lipinski definition) is 1. The number of aromatic amines is 1. The number of para-hydroxylation sites is 2. The van der Waals surface area contributed by atoms with Gasteiger partial charge in [0, 0.05) is 27.2 Å². The first-order valence-corrected chi connectivity index (χ1v) is 12.3. The smallest absolute Gasteiger partial charge is 0.332 e. The van der Waals surface area contributed by atoms with E-state index in [1.165, 1.54) is 4.70 Å². The lowest BCUT2D eigenvalue weighted by Crippen LogP contribution is -2.16. The van der Waals surface area contributed by atoms with E-state index in [0.29, 0.717) is 17.4 Å².